The number of amides is 1. The molecule has 1 aliphatic rings. The van der Waals surface area contributed by atoms with E-state index in [1.54, 1.807) is 7.11 Å². The van der Waals surface area contributed by atoms with Gasteiger partial charge >= 0.3 is 5.97 Å². The second-order valence-corrected chi connectivity index (χ2v) is 7.47. The van der Waals surface area contributed by atoms with E-state index in [-0.39, 0.29) is 18.4 Å². The second-order valence-electron chi connectivity index (χ2n) is 6.36. The highest BCUT2D eigenvalue weighted by Crippen LogP contribution is 2.38. The Hall–Kier alpha value is -2.54. The molecule has 0 radical (unpaired) electrons. The lowest BCUT2D eigenvalue weighted by Gasteiger charge is -2.11. The van der Waals surface area contributed by atoms with Crippen LogP contribution in [0.4, 0.5) is 10.7 Å². The number of fused-ring (bicyclic) bond motifs is 1. The van der Waals surface area contributed by atoms with Crippen LogP contribution in [0.2, 0.25) is 0 Å². The minimum absolute atomic E-state index is 0.0730. The largest absolute Gasteiger partial charge is 0.495 e. The molecular weight excluding hydrogens is 364 g/mol. The third kappa shape index (κ3) is 4.42. The van der Waals surface area contributed by atoms with E-state index in [0.29, 0.717) is 16.3 Å². The van der Waals surface area contributed by atoms with Gasteiger partial charge in [0.1, 0.15) is 10.8 Å². The van der Waals surface area contributed by atoms with Gasteiger partial charge in [0.05, 0.1) is 32.0 Å². The summed E-state index contributed by atoms with van der Waals surface area (Å²) in [5.74, 6) is 0.0632. The first-order chi connectivity index (χ1) is 13.1. The number of hydrogen-bond donors (Lipinski definition) is 2. The number of aryl methyl sites for hydroxylation is 1. The maximum Gasteiger partial charge on any atom is 0.341 e. The molecule has 2 aromatic rings. The summed E-state index contributed by atoms with van der Waals surface area (Å²) >= 11 is 1.49. The molecule has 1 aliphatic carbocycles. The van der Waals surface area contributed by atoms with Crippen molar-refractivity contribution >= 4 is 33.9 Å². The van der Waals surface area contributed by atoms with Crippen molar-refractivity contribution in [2.75, 3.05) is 31.4 Å². The first-order valence-corrected chi connectivity index (χ1v) is 9.85. The zero-order chi connectivity index (χ0) is 19.2. The normalized spacial score (nSPS) is 13.3. The van der Waals surface area contributed by atoms with Crippen LogP contribution in [0, 0.1) is 0 Å². The predicted octanol–water partition coefficient (Wildman–Crippen LogP) is 3.86. The zero-order valence-corrected chi connectivity index (χ0v) is 16.4. The van der Waals surface area contributed by atoms with Crippen molar-refractivity contribution in [1.29, 1.82) is 0 Å². The van der Waals surface area contributed by atoms with Gasteiger partial charge in [0.2, 0.25) is 5.91 Å². The van der Waals surface area contributed by atoms with Crippen LogP contribution in [0.1, 0.15) is 40.1 Å². The first-order valence-electron chi connectivity index (χ1n) is 9.03. The second kappa shape index (κ2) is 8.90. The number of para-hydroxylation sites is 2. The van der Waals surface area contributed by atoms with Crippen LogP contribution < -0.4 is 15.4 Å². The molecule has 0 bridgehead atoms. The highest BCUT2D eigenvalue weighted by atomic mass is 32.1. The summed E-state index contributed by atoms with van der Waals surface area (Å²) < 4.78 is 10.2. The Bertz CT molecular complexity index is 831. The number of hydrogen-bond acceptors (Lipinski definition) is 6. The number of benzene rings is 1. The first kappa shape index (κ1) is 19.2. The molecule has 0 saturated carbocycles. The Morgan fingerprint density at radius 2 is 1.89 bits per heavy atom. The van der Waals surface area contributed by atoms with Crippen LogP contribution in [0.3, 0.4) is 0 Å². The van der Waals surface area contributed by atoms with Gasteiger partial charge in [-0.1, -0.05) is 18.6 Å². The Balaban J connectivity index is 1.74. The molecule has 7 heteroatoms. The number of esters is 1. The lowest BCUT2D eigenvalue weighted by molar-refractivity contribution is -0.114. The fourth-order valence-corrected chi connectivity index (χ4v) is 4.58. The van der Waals surface area contributed by atoms with E-state index in [9.17, 15) is 9.59 Å². The molecule has 0 atom stereocenters. The summed E-state index contributed by atoms with van der Waals surface area (Å²) in [5.41, 5.74) is 2.30. The van der Waals surface area contributed by atoms with Crippen LogP contribution in [0.25, 0.3) is 0 Å². The van der Waals surface area contributed by atoms with E-state index < -0.39 is 0 Å². The molecule has 3 rings (SSSR count). The molecule has 0 saturated heterocycles. The Kier molecular flexibility index (Phi) is 6.34. The molecule has 27 heavy (non-hydrogen) atoms. The lowest BCUT2D eigenvalue weighted by Crippen LogP contribution is -2.22. The standard InChI is InChI=1S/C20H24N2O4S/c1-25-15-10-7-6-9-14(15)21-12-17(23)22-19-18(20(24)26-2)13-8-4-3-5-11-16(13)27-19/h6-7,9-10,21H,3-5,8,11-12H2,1-2H3,(H,22,23). The fraction of sp³-hybridized carbons (Fsp3) is 0.400. The van der Waals surface area contributed by atoms with E-state index in [1.807, 2.05) is 24.3 Å². The van der Waals surface area contributed by atoms with Crippen LogP contribution in [-0.2, 0) is 22.4 Å². The van der Waals surface area contributed by atoms with E-state index in [2.05, 4.69) is 10.6 Å². The Morgan fingerprint density at radius 1 is 1.11 bits per heavy atom. The number of carbonyl (C=O) groups excluding carboxylic acids is 2. The highest BCUT2D eigenvalue weighted by molar-refractivity contribution is 7.17. The van der Waals surface area contributed by atoms with Crippen molar-refractivity contribution in [3.05, 3.63) is 40.3 Å². The quantitative estimate of drug-likeness (QED) is 0.580. The molecule has 6 nitrogen and oxygen atoms in total. The monoisotopic (exact) mass is 388 g/mol. The van der Waals surface area contributed by atoms with Gasteiger partial charge < -0.3 is 20.1 Å². The summed E-state index contributed by atoms with van der Waals surface area (Å²) in [6, 6.07) is 7.41. The smallest absolute Gasteiger partial charge is 0.341 e. The Morgan fingerprint density at radius 3 is 2.67 bits per heavy atom. The number of thiophene rings is 1. The molecule has 1 heterocycles. The summed E-state index contributed by atoms with van der Waals surface area (Å²) in [6.45, 7) is 0.0730. The van der Waals surface area contributed by atoms with Gasteiger partial charge in [-0.25, -0.2) is 4.79 Å². The van der Waals surface area contributed by atoms with E-state index >= 15 is 0 Å². The molecule has 2 N–H and O–H groups in total. The van der Waals surface area contributed by atoms with Crippen molar-refractivity contribution in [1.82, 2.24) is 0 Å². The number of nitrogens with one attached hydrogen (secondary N) is 2. The third-order valence-corrected chi connectivity index (χ3v) is 5.82. The summed E-state index contributed by atoms with van der Waals surface area (Å²) in [7, 11) is 2.96. The molecule has 0 aliphatic heterocycles. The van der Waals surface area contributed by atoms with Gasteiger partial charge in [-0.3, -0.25) is 4.79 Å². The van der Waals surface area contributed by atoms with Gasteiger partial charge in [0, 0.05) is 4.88 Å². The average Bonchev–Trinajstić information content (AvgIpc) is 2.86. The minimum Gasteiger partial charge on any atom is -0.495 e. The zero-order valence-electron chi connectivity index (χ0n) is 15.6. The molecule has 0 fully saturated rings. The van der Waals surface area contributed by atoms with Crippen molar-refractivity contribution in [2.24, 2.45) is 0 Å². The Labute approximate surface area is 162 Å². The van der Waals surface area contributed by atoms with Gasteiger partial charge in [-0.05, 0) is 43.4 Å². The number of anilines is 2. The number of ether oxygens (including phenoxy) is 2. The van der Waals surface area contributed by atoms with Crippen molar-refractivity contribution in [2.45, 2.75) is 32.1 Å². The SMILES string of the molecule is COC(=O)c1c(NC(=O)CNc2ccccc2OC)sc2c1CCCCC2. The highest BCUT2D eigenvalue weighted by Gasteiger charge is 2.26. The van der Waals surface area contributed by atoms with Crippen molar-refractivity contribution in [3.8, 4) is 5.75 Å². The molecule has 0 spiro atoms. The molecular formula is C20H24N2O4S. The van der Waals surface area contributed by atoms with E-state index in [4.69, 9.17) is 9.47 Å². The van der Waals surface area contributed by atoms with Gasteiger partial charge in [0.15, 0.2) is 0 Å². The molecule has 1 aromatic heterocycles. The molecule has 144 valence electrons. The van der Waals surface area contributed by atoms with E-state index in [1.165, 1.54) is 23.3 Å². The molecule has 1 aromatic carbocycles. The van der Waals surface area contributed by atoms with Crippen LogP contribution in [-0.4, -0.2) is 32.6 Å². The van der Waals surface area contributed by atoms with Crippen LogP contribution in [0.5, 0.6) is 5.75 Å². The number of carbonyl (C=O) groups is 2. The predicted molar refractivity (Wildman–Crippen MR) is 107 cm³/mol. The number of methoxy groups -OCH3 is 2. The maximum atomic E-state index is 12.5. The van der Waals surface area contributed by atoms with Gasteiger partial charge in [-0.15, -0.1) is 11.3 Å². The van der Waals surface area contributed by atoms with Crippen molar-refractivity contribution < 1.29 is 19.1 Å². The maximum absolute atomic E-state index is 12.5. The lowest BCUT2D eigenvalue weighted by atomic mass is 10.1. The summed E-state index contributed by atoms with van der Waals surface area (Å²) in [5, 5.41) is 6.54. The van der Waals surface area contributed by atoms with Crippen LogP contribution >= 0.6 is 11.3 Å². The fourth-order valence-electron chi connectivity index (χ4n) is 3.29. The summed E-state index contributed by atoms with van der Waals surface area (Å²) in [6.07, 6.45) is 5.12. The third-order valence-electron chi connectivity index (χ3n) is 4.61. The molecule has 1 amide bonds. The average molecular weight is 388 g/mol. The van der Waals surface area contributed by atoms with Crippen molar-refractivity contribution in [3.63, 3.8) is 0 Å². The number of rotatable bonds is 6. The van der Waals surface area contributed by atoms with E-state index in [0.717, 1.165) is 43.4 Å². The van der Waals surface area contributed by atoms with Gasteiger partial charge in [-0.2, -0.15) is 0 Å². The molecule has 0 unspecified atom stereocenters. The minimum atomic E-state index is -0.387. The topological polar surface area (TPSA) is 76.7 Å². The van der Waals surface area contributed by atoms with Gasteiger partial charge in [0.25, 0.3) is 0 Å². The van der Waals surface area contributed by atoms with Crippen LogP contribution in [0.15, 0.2) is 24.3 Å². The summed E-state index contributed by atoms with van der Waals surface area (Å²) in [4.78, 5) is 26.0.